The Kier molecular flexibility index (Phi) is 44.6. The van der Waals surface area contributed by atoms with Gasteiger partial charge in [0, 0.05) is 65.9 Å². The number of aromatic nitrogens is 4. The molecule has 68 heteroatoms. The van der Waals surface area contributed by atoms with Crippen molar-refractivity contribution in [2.24, 2.45) is 10.2 Å². The number of aromatic amines is 2. The predicted octanol–water partition coefficient (Wildman–Crippen LogP) is 7.74. The molecule has 2 aromatic heterocycles. The molecule has 17 N–H and O–H groups in total. The Morgan fingerprint density at radius 1 is 0.405 bits per heavy atom. The average Bonchev–Trinajstić information content (AvgIpc) is 1.76. The van der Waals surface area contributed by atoms with E-state index in [9.17, 15) is 128 Å². The first kappa shape index (κ1) is 105. The normalized spacial score (nSPS) is 23.3. The number of nitrogens with zero attached hydrogens (tertiary/aromatic N) is 8. The molecule has 11 unspecified atom stereocenters. The summed E-state index contributed by atoms with van der Waals surface area (Å²) >= 11 is 0. The van der Waals surface area contributed by atoms with Gasteiger partial charge < -0.3 is 83.3 Å². The molecule has 4 heterocycles. The second-order valence-electron chi connectivity index (χ2n) is 23.1. The summed E-state index contributed by atoms with van der Waals surface area (Å²) in [7, 11) is -67.7. The van der Waals surface area contributed by atoms with Gasteiger partial charge in [-0.25, -0.2) is 64.1 Å². The maximum Gasteiger partial charge on any atom is 0.490 e. The van der Waals surface area contributed by atoms with Crippen molar-refractivity contribution in [1.82, 2.24) is 19.1 Å². The molecule has 2 aromatic rings. The van der Waals surface area contributed by atoms with Gasteiger partial charge in [-0.05, 0) is 50.6 Å². The first-order chi connectivity index (χ1) is 50.8. The fourth-order valence-electron chi connectivity index (χ4n) is 8.92. The number of azide groups is 2. The molecule has 0 radical (unpaired) electrons. The van der Waals surface area contributed by atoms with Gasteiger partial charge in [-0.2, -0.15) is 34.5 Å². The van der Waals surface area contributed by atoms with Crippen molar-refractivity contribution in [1.29, 1.82) is 0 Å². The SMILES string of the molecule is Cc1cn([C@H]2C[C@@H](O)[C@@H](COP(=O)(O)OP(=O)(O)OP(=O)(O)OP(=O)(O)OP(=O)(O)OP(=O)(O)OCCCCCCCCCCCN=[N+]=[N-])O2)c(=O)[nH]c1=O.Cc1cn([C@H]2C[C@@H](O)[C@@H](COP(=O)(O)OP(=O)(O)OP(C)(=O)O)O2)c(=O)[nH]c1=O.[N-]=[N+]=NCCCCCCCCCCCOP(=O)(O)OP(=O)(O)OP(=O)(O)O. The number of hydrogen-bond donors (Lipinski definition) is 17. The smallest absolute Gasteiger partial charge is 0.390 e. The Labute approximate surface area is 627 Å². The number of ether oxygens (including phenoxy) is 2. The number of aliphatic hydroxyl groups is 2. The third-order valence-corrected chi connectivity index (χ3v) is 30.7. The molecule has 0 aromatic carbocycles. The van der Waals surface area contributed by atoms with Crippen LogP contribution in [0, 0.1) is 13.8 Å². The number of aryl methyl sites for hydroxylation is 2. The Balaban J connectivity index is 0.000000625. The summed E-state index contributed by atoms with van der Waals surface area (Å²) < 4.78 is 204. The molecule has 0 saturated carbocycles. The summed E-state index contributed by atoms with van der Waals surface area (Å²) in [6.45, 7) is 1.67. The molecule has 4 rings (SSSR count). The van der Waals surface area contributed by atoms with E-state index in [4.69, 9.17) is 40.1 Å². The summed E-state index contributed by atoms with van der Waals surface area (Å²) in [5, 5.41) is 27.1. The Morgan fingerprint density at radius 2 is 0.658 bits per heavy atom. The molecule has 0 bridgehead atoms. The van der Waals surface area contributed by atoms with Gasteiger partial charge in [0.2, 0.25) is 0 Å². The predicted molar refractivity (Wildman–Crippen MR) is 372 cm³/mol. The van der Waals surface area contributed by atoms with Crippen molar-refractivity contribution in [3.8, 4) is 0 Å². The van der Waals surface area contributed by atoms with Crippen molar-refractivity contribution in [3.05, 3.63) is 86.1 Å². The molecule has 111 heavy (non-hydrogen) atoms. The van der Waals surface area contributed by atoms with Gasteiger partial charge in [-0.3, -0.25) is 51.4 Å². The van der Waals surface area contributed by atoms with Crippen LogP contribution >= 0.6 is 93.6 Å². The minimum absolute atomic E-state index is 0.0893. The van der Waals surface area contributed by atoms with E-state index < -0.39 is 173 Å². The Hall–Kier alpha value is -2.46. The van der Waals surface area contributed by atoms with Crippen LogP contribution in [0.15, 0.2) is 41.8 Å². The van der Waals surface area contributed by atoms with E-state index in [1.54, 1.807) is 0 Å². The highest BCUT2D eigenvalue weighted by Gasteiger charge is 2.51. The molecule has 0 spiro atoms. The molecule has 2 saturated heterocycles. The number of phosphoric ester groups is 4. The summed E-state index contributed by atoms with van der Waals surface area (Å²) in [6.07, 6.45) is 8.80. The highest BCUT2D eigenvalue weighted by molar-refractivity contribution is 7.72. The zero-order valence-corrected chi connectivity index (χ0v) is 69.0. The Bertz CT molecular complexity index is 4310. The van der Waals surface area contributed by atoms with Crippen LogP contribution in [0.3, 0.4) is 0 Å². The summed E-state index contributed by atoms with van der Waals surface area (Å²) in [5.41, 5.74) is 13.6. The number of hydrogen-bond acceptors (Lipinski definition) is 35. The van der Waals surface area contributed by atoms with Gasteiger partial charge in [0.1, 0.15) is 24.7 Å². The number of unbranched alkanes of at least 4 members (excludes halogenated alkanes) is 16. The third kappa shape index (κ3) is 47.1. The molecule has 56 nitrogen and oxygen atoms in total. The molecular weight excluding hydrogens is 1760 g/mol. The topological polar surface area (TPSA) is 854 Å². The fourth-order valence-corrected chi connectivity index (χ4v) is 23.3. The third-order valence-electron chi connectivity index (χ3n) is 13.5. The number of nitrogens with one attached hydrogen (secondary N) is 2. The second-order valence-corrected chi connectivity index (χ2v) is 41.9. The van der Waals surface area contributed by atoms with E-state index >= 15 is 0 Å². The van der Waals surface area contributed by atoms with Crippen LogP contribution in [-0.2, 0) is 121 Å². The summed E-state index contributed by atoms with van der Waals surface area (Å²) in [4.78, 5) is 177. The minimum Gasteiger partial charge on any atom is -0.390 e. The average molecular weight is 1850 g/mol. The maximum absolute atomic E-state index is 12.2. The van der Waals surface area contributed by atoms with E-state index in [-0.39, 0.29) is 37.0 Å². The quantitative estimate of drug-likeness (QED) is 0.00989. The van der Waals surface area contributed by atoms with E-state index in [0.717, 1.165) is 98.8 Å². The van der Waals surface area contributed by atoms with E-state index in [0.29, 0.717) is 45.4 Å². The molecule has 0 amide bonds. The first-order valence-electron chi connectivity index (χ1n) is 31.8. The van der Waals surface area contributed by atoms with Gasteiger partial charge in [0.15, 0.2) is 0 Å². The van der Waals surface area contributed by atoms with E-state index in [1.807, 2.05) is 4.98 Å². The molecular formula is C43H86N10O46P12. The van der Waals surface area contributed by atoms with Gasteiger partial charge >= 0.3 is 105 Å². The second kappa shape index (κ2) is 47.4. The van der Waals surface area contributed by atoms with Crippen LogP contribution in [-0.4, -0.2) is 164 Å². The molecule has 2 aliphatic heterocycles. The lowest BCUT2D eigenvalue weighted by atomic mass is 10.1. The van der Waals surface area contributed by atoms with Gasteiger partial charge in [0.05, 0.1) is 38.6 Å². The zero-order chi connectivity index (χ0) is 84.7. The number of H-pyrrole nitrogens is 2. The summed E-state index contributed by atoms with van der Waals surface area (Å²) in [5.74, 6) is 0. The van der Waals surface area contributed by atoms with Crippen molar-refractivity contribution < 1.29 is 195 Å². The van der Waals surface area contributed by atoms with Crippen molar-refractivity contribution >= 4 is 93.6 Å². The highest BCUT2D eigenvalue weighted by atomic mass is 31.3. The number of aliphatic hydroxyl groups excluding tert-OH is 2. The van der Waals surface area contributed by atoms with Gasteiger partial charge in [-0.15, -0.1) is 0 Å². The monoisotopic (exact) mass is 1850 g/mol. The molecule has 2 aliphatic rings. The van der Waals surface area contributed by atoms with Crippen molar-refractivity contribution in [2.45, 2.75) is 179 Å². The van der Waals surface area contributed by atoms with Crippen LogP contribution < -0.4 is 22.5 Å². The van der Waals surface area contributed by atoms with E-state index in [1.165, 1.54) is 20.0 Å². The van der Waals surface area contributed by atoms with Gasteiger partial charge in [0.25, 0.3) is 11.1 Å². The zero-order valence-electron chi connectivity index (χ0n) is 58.3. The first-order valence-corrected chi connectivity index (χ1v) is 50.3. The van der Waals surface area contributed by atoms with Crippen molar-refractivity contribution in [2.75, 3.05) is 46.2 Å². The molecule has 644 valence electrons. The minimum atomic E-state index is -6.46. The molecule has 2 fully saturated rings. The number of rotatable bonds is 52. The summed E-state index contributed by atoms with van der Waals surface area (Å²) in [6, 6.07) is 0. The molecule has 17 atom stereocenters. The van der Waals surface area contributed by atoms with Crippen LogP contribution in [0.2, 0.25) is 0 Å². The molecule has 0 aliphatic carbocycles. The van der Waals surface area contributed by atoms with E-state index in [2.05, 4.69) is 81.9 Å². The highest BCUT2D eigenvalue weighted by Crippen LogP contribution is 2.76. The van der Waals surface area contributed by atoms with Crippen LogP contribution in [0.25, 0.3) is 20.9 Å². The largest absolute Gasteiger partial charge is 0.490 e. The lowest BCUT2D eigenvalue weighted by Crippen LogP contribution is -2.33. The number of phosphoric acid groups is 11. The van der Waals surface area contributed by atoms with Crippen LogP contribution in [0.5, 0.6) is 0 Å². The lowest BCUT2D eigenvalue weighted by molar-refractivity contribution is -0.0450. The standard InChI is InChI=1S/C21H41N5O23P6.C11H26N3O10P3.C11H19N2O13P3/c1-16-14-26(21(29)24-20(16)28)19-13-17(27)18(44-19)15-43-51(32,33)46-53(36,37)48-55(40,41)49-54(38,39)47-52(34,35)45-50(30,31)42-12-10-8-6-4-2-3-5-7-9-11-23-25-22;12-14-13-10-8-6-4-2-1-3-5-7-9-11-22-26(18,19)24-27(20,21)23-25(15,16)17;1-6-4-13(11(16)12-10(6)15)9-3-7(14)8(24-9)5-23-28(19,20)26-29(21,22)25-27(2,17)18/h14,17-19,27H,2-13,15H2,1H3,(H,30,31)(H,32,33)(H,34,35)(H,36,37)(H,38,39)(H,40,41)(H,24,28,29);1-11H2,(H,18,19)(H,20,21)(H2,15,16,17);4,7-9,14H,3,5H2,1-2H3,(H,17,18)(H,19,20)(H,21,22)(H,12,15,16)/t17-,18-,19-;;7-,8-,9-/m1.1/s1. The van der Waals surface area contributed by atoms with Gasteiger partial charge in [-0.1, -0.05) is 100 Å². The fraction of sp³-hybridized carbons (Fsp3) is 0.814. The Morgan fingerprint density at radius 3 is 0.937 bits per heavy atom. The van der Waals surface area contributed by atoms with Crippen LogP contribution in [0.1, 0.15) is 152 Å². The van der Waals surface area contributed by atoms with Crippen LogP contribution in [0.4, 0.5) is 0 Å². The lowest BCUT2D eigenvalue weighted by Gasteiger charge is -2.21. The maximum atomic E-state index is 12.2. The van der Waals surface area contributed by atoms with Crippen molar-refractivity contribution in [3.63, 3.8) is 0 Å².